The number of ether oxygens (including phenoxy) is 5. The number of hydrogen-bond donors (Lipinski definition) is 0. The second-order valence-electron chi connectivity index (χ2n) is 5.55. The zero-order valence-electron chi connectivity index (χ0n) is 13.8. The fourth-order valence-electron chi connectivity index (χ4n) is 2.43. The molecule has 5 nitrogen and oxygen atoms in total. The summed E-state index contributed by atoms with van der Waals surface area (Å²) in [6, 6.07) is 3.82. The van der Waals surface area contributed by atoms with Gasteiger partial charge in [0.15, 0.2) is 17.3 Å². The first-order valence-electron chi connectivity index (χ1n) is 7.27. The third-order valence-electron chi connectivity index (χ3n) is 3.46. The largest absolute Gasteiger partial charge is 0.493 e. The average Bonchev–Trinajstić information content (AvgIpc) is 2.85. The van der Waals surface area contributed by atoms with Crippen LogP contribution in [0.25, 0.3) is 6.08 Å². The van der Waals surface area contributed by atoms with Crippen LogP contribution in [0, 0.1) is 0 Å². The molecule has 0 N–H and O–H groups in total. The highest BCUT2D eigenvalue weighted by Gasteiger charge is 2.31. The van der Waals surface area contributed by atoms with Crippen LogP contribution in [0.5, 0.6) is 17.2 Å². The molecule has 1 heterocycles. The molecule has 1 aliphatic rings. The van der Waals surface area contributed by atoms with Crippen molar-refractivity contribution in [2.75, 3.05) is 27.9 Å². The Kier molecular flexibility index (Phi) is 5.32. The molecule has 1 unspecified atom stereocenters. The molecule has 2 rings (SSSR count). The van der Waals surface area contributed by atoms with E-state index in [4.69, 9.17) is 23.7 Å². The van der Waals surface area contributed by atoms with E-state index in [0.717, 1.165) is 12.0 Å². The van der Waals surface area contributed by atoms with E-state index in [1.165, 1.54) is 0 Å². The fourth-order valence-corrected chi connectivity index (χ4v) is 2.43. The smallest absolute Gasteiger partial charge is 0.203 e. The molecule has 0 radical (unpaired) electrons. The molecule has 0 aliphatic carbocycles. The van der Waals surface area contributed by atoms with Crippen molar-refractivity contribution in [2.45, 2.75) is 32.2 Å². The summed E-state index contributed by atoms with van der Waals surface area (Å²) < 4.78 is 27.3. The SMILES string of the molecule is COc1cc(/C=C/CC2COC(C)(C)O2)cc(OC)c1OC. The maximum absolute atomic E-state index is 5.77. The van der Waals surface area contributed by atoms with Crippen LogP contribution in [0.4, 0.5) is 0 Å². The first-order chi connectivity index (χ1) is 10.5. The Morgan fingerprint density at radius 2 is 1.77 bits per heavy atom. The number of hydrogen-bond acceptors (Lipinski definition) is 5. The summed E-state index contributed by atoms with van der Waals surface area (Å²) in [5.41, 5.74) is 0.979. The minimum atomic E-state index is -0.481. The van der Waals surface area contributed by atoms with Gasteiger partial charge < -0.3 is 23.7 Å². The van der Waals surface area contributed by atoms with Gasteiger partial charge in [0.05, 0.1) is 34.0 Å². The van der Waals surface area contributed by atoms with Gasteiger partial charge in [-0.25, -0.2) is 0 Å². The zero-order chi connectivity index (χ0) is 16.2. The average molecular weight is 308 g/mol. The van der Waals surface area contributed by atoms with Gasteiger partial charge in [-0.1, -0.05) is 12.2 Å². The lowest BCUT2D eigenvalue weighted by molar-refractivity contribution is -0.137. The standard InChI is InChI=1S/C17H24O5/c1-17(2)21-11-13(22-17)8-6-7-12-9-14(18-3)16(20-5)15(10-12)19-4/h6-7,9-10,13H,8,11H2,1-5H3/b7-6+. The van der Waals surface area contributed by atoms with Crippen LogP contribution in [0.3, 0.4) is 0 Å². The molecule has 1 fully saturated rings. The predicted molar refractivity (Wildman–Crippen MR) is 84.7 cm³/mol. The summed E-state index contributed by atoms with van der Waals surface area (Å²) in [5, 5.41) is 0. The summed E-state index contributed by atoms with van der Waals surface area (Å²) >= 11 is 0. The Morgan fingerprint density at radius 3 is 2.23 bits per heavy atom. The third kappa shape index (κ3) is 3.93. The summed E-state index contributed by atoms with van der Waals surface area (Å²) in [7, 11) is 4.81. The molecular weight excluding hydrogens is 284 g/mol. The molecular formula is C17H24O5. The van der Waals surface area contributed by atoms with E-state index < -0.39 is 5.79 Å². The predicted octanol–water partition coefficient (Wildman–Crippen LogP) is 3.27. The van der Waals surface area contributed by atoms with Crippen LogP contribution in [-0.4, -0.2) is 39.8 Å². The van der Waals surface area contributed by atoms with Crippen molar-refractivity contribution in [2.24, 2.45) is 0 Å². The van der Waals surface area contributed by atoms with Gasteiger partial charge in [0.25, 0.3) is 0 Å². The van der Waals surface area contributed by atoms with E-state index in [-0.39, 0.29) is 6.10 Å². The highest BCUT2D eigenvalue weighted by Crippen LogP contribution is 2.38. The summed E-state index contributed by atoms with van der Waals surface area (Å²) in [5.74, 6) is 1.40. The quantitative estimate of drug-likeness (QED) is 0.807. The molecule has 1 aliphatic heterocycles. The van der Waals surface area contributed by atoms with Crippen LogP contribution >= 0.6 is 0 Å². The van der Waals surface area contributed by atoms with Crippen LogP contribution in [0.15, 0.2) is 18.2 Å². The van der Waals surface area contributed by atoms with Gasteiger partial charge in [-0.3, -0.25) is 0 Å². The monoisotopic (exact) mass is 308 g/mol. The molecule has 0 aromatic heterocycles. The highest BCUT2D eigenvalue weighted by molar-refractivity contribution is 5.62. The van der Waals surface area contributed by atoms with E-state index in [2.05, 4.69) is 6.08 Å². The Hall–Kier alpha value is -1.72. The van der Waals surface area contributed by atoms with E-state index in [1.54, 1.807) is 21.3 Å². The van der Waals surface area contributed by atoms with E-state index in [1.807, 2.05) is 32.1 Å². The van der Waals surface area contributed by atoms with Gasteiger partial charge in [-0.05, 0) is 38.0 Å². The molecule has 0 spiro atoms. The Morgan fingerprint density at radius 1 is 1.14 bits per heavy atom. The van der Waals surface area contributed by atoms with Gasteiger partial charge in [0, 0.05) is 0 Å². The number of benzene rings is 1. The molecule has 1 aromatic rings. The van der Waals surface area contributed by atoms with Crippen molar-refractivity contribution in [1.82, 2.24) is 0 Å². The number of methoxy groups -OCH3 is 3. The second-order valence-corrected chi connectivity index (χ2v) is 5.55. The zero-order valence-corrected chi connectivity index (χ0v) is 13.8. The second kappa shape index (κ2) is 7.03. The summed E-state index contributed by atoms with van der Waals surface area (Å²) in [6.45, 7) is 4.47. The molecule has 0 bridgehead atoms. The topological polar surface area (TPSA) is 46.2 Å². The van der Waals surface area contributed by atoms with Crippen molar-refractivity contribution in [3.05, 3.63) is 23.8 Å². The maximum Gasteiger partial charge on any atom is 0.203 e. The highest BCUT2D eigenvalue weighted by atomic mass is 16.7. The van der Waals surface area contributed by atoms with Gasteiger partial charge in [-0.15, -0.1) is 0 Å². The minimum absolute atomic E-state index is 0.0910. The lowest BCUT2D eigenvalue weighted by Gasteiger charge is -2.16. The first kappa shape index (κ1) is 16.6. The van der Waals surface area contributed by atoms with E-state index in [0.29, 0.717) is 23.9 Å². The fraction of sp³-hybridized carbons (Fsp3) is 0.529. The Bertz CT molecular complexity index is 511. The lowest BCUT2D eigenvalue weighted by atomic mass is 10.1. The van der Waals surface area contributed by atoms with Gasteiger partial charge in [0.1, 0.15) is 0 Å². The van der Waals surface area contributed by atoms with E-state index >= 15 is 0 Å². The van der Waals surface area contributed by atoms with Gasteiger partial charge >= 0.3 is 0 Å². The van der Waals surface area contributed by atoms with Crippen LogP contribution in [-0.2, 0) is 9.47 Å². The minimum Gasteiger partial charge on any atom is -0.493 e. The van der Waals surface area contributed by atoms with Crippen LogP contribution < -0.4 is 14.2 Å². The van der Waals surface area contributed by atoms with Crippen molar-refractivity contribution >= 4 is 6.08 Å². The molecule has 0 saturated carbocycles. The summed E-state index contributed by atoms with van der Waals surface area (Å²) in [4.78, 5) is 0. The van der Waals surface area contributed by atoms with E-state index in [9.17, 15) is 0 Å². The molecule has 1 aromatic carbocycles. The lowest BCUT2D eigenvalue weighted by Crippen LogP contribution is -2.21. The van der Waals surface area contributed by atoms with Crippen molar-refractivity contribution in [3.63, 3.8) is 0 Å². The normalized spacial score (nSPS) is 20.3. The van der Waals surface area contributed by atoms with Crippen LogP contribution in [0.1, 0.15) is 25.8 Å². The maximum atomic E-state index is 5.77. The van der Waals surface area contributed by atoms with Gasteiger partial charge in [0.2, 0.25) is 5.75 Å². The summed E-state index contributed by atoms with van der Waals surface area (Å²) in [6.07, 6.45) is 4.96. The molecule has 0 amide bonds. The third-order valence-corrected chi connectivity index (χ3v) is 3.46. The molecule has 122 valence electrons. The van der Waals surface area contributed by atoms with Gasteiger partial charge in [-0.2, -0.15) is 0 Å². The van der Waals surface area contributed by atoms with Crippen molar-refractivity contribution in [3.8, 4) is 17.2 Å². The molecule has 1 atom stereocenters. The molecule has 5 heteroatoms. The van der Waals surface area contributed by atoms with Crippen molar-refractivity contribution < 1.29 is 23.7 Å². The Balaban J connectivity index is 2.07. The van der Waals surface area contributed by atoms with Crippen LogP contribution in [0.2, 0.25) is 0 Å². The number of rotatable bonds is 6. The molecule has 22 heavy (non-hydrogen) atoms. The van der Waals surface area contributed by atoms with Crippen molar-refractivity contribution in [1.29, 1.82) is 0 Å². The first-order valence-corrected chi connectivity index (χ1v) is 7.27. The Labute approximate surface area is 131 Å². The molecule has 1 saturated heterocycles.